The van der Waals surface area contributed by atoms with Gasteiger partial charge in [-0.15, -0.1) is 0 Å². The third kappa shape index (κ3) is 2.95. The lowest BCUT2D eigenvalue weighted by Gasteiger charge is -2.04. The van der Waals surface area contributed by atoms with E-state index in [9.17, 15) is 4.79 Å². The van der Waals surface area contributed by atoms with Crippen molar-refractivity contribution in [3.05, 3.63) is 40.9 Å². The molecule has 0 aliphatic rings. The van der Waals surface area contributed by atoms with Crippen molar-refractivity contribution >= 4 is 39.8 Å². The highest BCUT2D eigenvalue weighted by atomic mass is 35.5. The van der Waals surface area contributed by atoms with Gasteiger partial charge in [0, 0.05) is 5.69 Å². The van der Waals surface area contributed by atoms with E-state index in [0.29, 0.717) is 9.47 Å². The number of halogens is 1. The largest absolute Gasteiger partial charge is 0.325 e. The van der Waals surface area contributed by atoms with Crippen LogP contribution >= 0.6 is 22.9 Å². The molecule has 2 aromatic rings. The molecule has 0 aliphatic carbocycles. The molecule has 0 aliphatic heterocycles. The van der Waals surface area contributed by atoms with Gasteiger partial charge in [0.05, 0.1) is 6.20 Å². The fraction of sp³-hybridized carbons (Fsp3) is 0. The van der Waals surface area contributed by atoms with Crippen molar-refractivity contribution in [2.75, 3.05) is 10.6 Å². The number of benzene rings is 1. The van der Waals surface area contributed by atoms with Gasteiger partial charge in [-0.1, -0.05) is 41.1 Å². The number of anilines is 2. The summed E-state index contributed by atoms with van der Waals surface area (Å²) >= 11 is 6.90. The Morgan fingerprint density at radius 1 is 1.25 bits per heavy atom. The van der Waals surface area contributed by atoms with Gasteiger partial charge in [-0.25, -0.2) is 9.78 Å². The molecule has 1 aromatic carbocycles. The Morgan fingerprint density at radius 2 is 2.00 bits per heavy atom. The van der Waals surface area contributed by atoms with E-state index in [1.54, 1.807) is 12.1 Å². The minimum absolute atomic E-state index is 0.336. The zero-order valence-electron chi connectivity index (χ0n) is 8.11. The summed E-state index contributed by atoms with van der Waals surface area (Å²) in [6.07, 6.45) is 1.49. The molecule has 2 amide bonds. The van der Waals surface area contributed by atoms with E-state index in [4.69, 9.17) is 11.6 Å². The number of amides is 2. The first-order chi connectivity index (χ1) is 7.74. The molecular weight excluding hydrogens is 246 g/mol. The van der Waals surface area contributed by atoms with E-state index in [1.165, 1.54) is 17.5 Å². The van der Waals surface area contributed by atoms with Crippen LogP contribution in [0, 0.1) is 0 Å². The highest BCUT2D eigenvalue weighted by Gasteiger charge is 2.05. The van der Waals surface area contributed by atoms with E-state index in [2.05, 4.69) is 15.6 Å². The second-order valence-corrected chi connectivity index (χ2v) is 4.58. The Hall–Kier alpha value is -1.59. The quantitative estimate of drug-likeness (QED) is 0.861. The van der Waals surface area contributed by atoms with Crippen LogP contribution in [0.2, 0.25) is 4.34 Å². The maximum Gasteiger partial charge on any atom is 0.325 e. The average Bonchev–Trinajstić information content (AvgIpc) is 2.65. The van der Waals surface area contributed by atoms with Crippen molar-refractivity contribution in [2.45, 2.75) is 0 Å². The molecule has 2 rings (SSSR count). The van der Waals surface area contributed by atoms with Gasteiger partial charge < -0.3 is 5.32 Å². The zero-order chi connectivity index (χ0) is 11.4. The summed E-state index contributed by atoms with van der Waals surface area (Å²) in [4.78, 5) is 15.4. The summed E-state index contributed by atoms with van der Waals surface area (Å²) in [5.74, 6) is 0. The van der Waals surface area contributed by atoms with Gasteiger partial charge in [0.15, 0.2) is 5.13 Å². The third-order valence-electron chi connectivity index (χ3n) is 1.73. The number of hydrogen-bond donors (Lipinski definition) is 2. The normalized spacial score (nSPS) is 9.81. The molecule has 1 heterocycles. The summed E-state index contributed by atoms with van der Waals surface area (Å²) in [5, 5.41) is 5.73. The van der Waals surface area contributed by atoms with Crippen LogP contribution in [-0.4, -0.2) is 11.0 Å². The van der Waals surface area contributed by atoms with Crippen LogP contribution in [-0.2, 0) is 0 Å². The van der Waals surface area contributed by atoms with E-state index < -0.39 is 0 Å². The molecule has 2 N–H and O–H groups in total. The number of aromatic nitrogens is 1. The molecule has 6 heteroatoms. The Bertz CT molecular complexity index is 486. The van der Waals surface area contributed by atoms with Crippen molar-refractivity contribution in [3.8, 4) is 0 Å². The summed E-state index contributed by atoms with van der Waals surface area (Å²) < 4.78 is 0.537. The van der Waals surface area contributed by atoms with E-state index in [1.807, 2.05) is 18.2 Å². The van der Waals surface area contributed by atoms with Gasteiger partial charge in [-0.05, 0) is 12.1 Å². The summed E-state index contributed by atoms with van der Waals surface area (Å²) in [6, 6.07) is 8.83. The first-order valence-electron chi connectivity index (χ1n) is 4.48. The number of thiazole rings is 1. The first kappa shape index (κ1) is 10.9. The molecule has 82 valence electrons. The minimum atomic E-state index is -0.336. The molecule has 16 heavy (non-hydrogen) atoms. The first-order valence-corrected chi connectivity index (χ1v) is 5.68. The van der Waals surface area contributed by atoms with Crippen LogP contribution in [0.3, 0.4) is 0 Å². The van der Waals surface area contributed by atoms with Crippen molar-refractivity contribution in [3.63, 3.8) is 0 Å². The highest BCUT2D eigenvalue weighted by Crippen LogP contribution is 2.22. The lowest BCUT2D eigenvalue weighted by molar-refractivity contribution is 0.262. The van der Waals surface area contributed by atoms with Crippen LogP contribution in [0.1, 0.15) is 0 Å². The summed E-state index contributed by atoms with van der Waals surface area (Å²) in [6.45, 7) is 0. The predicted molar refractivity (Wildman–Crippen MR) is 66.2 cm³/mol. The highest BCUT2D eigenvalue weighted by molar-refractivity contribution is 7.19. The number of nitrogens with one attached hydrogen (secondary N) is 2. The number of nitrogens with zero attached hydrogens (tertiary/aromatic N) is 1. The van der Waals surface area contributed by atoms with Crippen LogP contribution in [0.15, 0.2) is 36.5 Å². The van der Waals surface area contributed by atoms with Gasteiger partial charge in [0.2, 0.25) is 0 Å². The lowest BCUT2D eigenvalue weighted by atomic mass is 10.3. The Labute approximate surface area is 101 Å². The Balaban J connectivity index is 1.95. The second-order valence-electron chi connectivity index (χ2n) is 2.91. The number of hydrogen-bond acceptors (Lipinski definition) is 3. The molecule has 0 unspecified atom stereocenters. The van der Waals surface area contributed by atoms with Crippen molar-refractivity contribution in [2.24, 2.45) is 0 Å². The monoisotopic (exact) mass is 253 g/mol. The van der Waals surface area contributed by atoms with Crippen molar-refractivity contribution in [1.29, 1.82) is 0 Å². The summed E-state index contributed by atoms with van der Waals surface area (Å²) in [7, 11) is 0. The van der Waals surface area contributed by atoms with Crippen LogP contribution in [0.25, 0.3) is 0 Å². The van der Waals surface area contributed by atoms with Crippen LogP contribution in [0.5, 0.6) is 0 Å². The van der Waals surface area contributed by atoms with E-state index >= 15 is 0 Å². The molecule has 0 spiro atoms. The molecule has 0 saturated heterocycles. The zero-order valence-corrected chi connectivity index (χ0v) is 9.68. The number of para-hydroxylation sites is 1. The van der Waals surface area contributed by atoms with Crippen LogP contribution in [0.4, 0.5) is 15.6 Å². The van der Waals surface area contributed by atoms with E-state index in [0.717, 1.165) is 5.69 Å². The maximum atomic E-state index is 11.5. The molecule has 0 radical (unpaired) electrons. The minimum Gasteiger partial charge on any atom is -0.308 e. The molecule has 0 atom stereocenters. The van der Waals surface area contributed by atoms with Gasteiger partial charge in [0.1, 0.15) is 4.34 Å². The second kappa shape index (κ2) is 4.96. The number of urea groups is 1. The Morgan fingerprint density at radius 3 is 2.62 bits per heavy atom. The predicted octanol–water partition coefficient (Wildman–Crippen LogP) is 3.44. The number of carbonyl (C=O) groups is 1. The topological polar surface area (TPSA) is 54.0 Å². The SMILES string of the molecule is O=C(Nc1ccccc1)Nc1ncc(Cl)s1. The molecular formula is C10H8ClN3OS. The van der Waals surface area contributed by atoms with Crippen molar-refractivity contribution < 1.29 is 4.79 Å². The fourth-order valence-electron chi connectivity index (χ4n) is 1.09. The van der Waals surface area contributed by atoms with E-state index in [-0.39, 0.29) is 6.03 Å². The smallest absolute Gasteiger partial charge is 0.308 e. The Kier molecular flexibility index (Phi) is 3.38. The lowest BCUT2D eigenvalue weighted by Crippen LogP contribution is -2.19. The maximum absolute atomic E-state index is 11.5. The molecule has 0 saturated carbocycles. The van der Waals surface area contributed by atoms with Gasteiger partial charge in [-0.2, -0.15) is 0 Å². The van der Waals surface area contributed by atoms with Gasteiger partial charge in [0.25, 0.3) is 0 Å². The fourth-order valence-corrected chi connectivity index (χ4v) is 1.90. The van der Waals surface area contributed by atoms with Gasteiger partial charge in [-0.3, -0.25) is 5.32 Å². The molecule has 4 nitrogen and oxygen atoms in total. The molecule has 0 bridgehead atoms. The third-order valence-corrected chi connectivity index (χ3v) is 2.76. The van der Waals surface area contributed by atoms with Gasteiger partial charge >= 0.3 is 6.03 Å². The standard InChI is InChI=1S/C10H8ClN3OS/c11-8-6-12-10(16-8)14-9(15)13-7-4-2-1-3-5-7/h1-6H,(H2,12,13,14,15). The number of carbonyl (C=O) groups excluding carboxylic acids is 1. The van der Waals surface area contributed by atoms with Crippen LogP contribution < -0.4 is 10.6 Å². The molecule has 1 aromatic heterocycles. The number of rotatable bonds is 2. The van der Waals surface area contributed by atoms with Crippen molar-refractivity contribution in [1.82, 2.24) is 4.98 Å². The average molecular weight is 254 g/mol. The molecule has 0 fully saturated rings. The summed E-state index contributed by atoms with van der Waals surface area (Å²) in [5.41, 5.74) is 0.725.